The van der Waals surface area contributed by atoms with Crippen LogP contribution in [-0.2, 0) is 6.54 Å². The zero-order valence-corrected chi connectivity index (χ0v) is 12.9. The molecule has 0 bridgehead atoms. The lowest BCUT2D eigenvalue weighted by Gasteiger charge is -2.06. The quantitative estimate of drug-likeness (QED) is 0.699. The highest BCUT2D eigenvalue weighted by molar-refractivity contribution is 7.14. The minimum absolute atomic E-state index is 0.153. The molecule has 0 unspecified atom stereocenters. The second kappa shape index (κ2) is 6.93. The minimum Gasteiger partial charge on any atom is -0.461 e. The van der Waals surface area contributed by atoms with E-state index in [1.165, 1.54) is 17.6 Å². The van der Waals surface area contributed by atoms with E-state index in [2.05, 4.69) is 10.6 Å². The fraction of sp³-hybridized carbons (Fsp3) is 0.0588. The molecule has 0 aliphatic carbocycles. The number of amides is 2. The molecule has 0 aliphatic heterocycles. The summed E-state index contributed by atoms with van der Waals surface area (Å²) in [6, 6.07) is 15.8. The van der Waals surface area contributed by atoms with Crippen LogP contribution in [0.15, 0.2) is 65.3 Å². The van der Waals surface area contributed by atoms with Crippen molar-refractivity contribution in [3.63, 3.8) is 0 Å². The second-order valence-electron chi connectivity index (χ2n) is 4.75. The topological polar surface area (TPSA) is 71.3 Å². The number of furan rings is 1. The summed E-state index contributed by atoms with van der Waals surface area (Å²) in [6.07, 6.45) is 1.47. The first-order valence-electron chi connectivity index (χ1n) is 6.99. The Kier molecular flexibility index (Phi) is 4.54. The third-order valence-electron chi connectivity index (χ3n) is 3.09. The molecule has 5 nitrogen and oxygen atoms in total. The molecular formula is C17H14N2O3S. The van der Waals surface area contributed by atoms with Crippen LogP contribution in [0.5, 0.6) is 0 Å². The fourth-order valence-electron chi connectivity index (χ4n) is 1.99. The molecule has 0 spiro atoms. The fourth-order valence-corrected chi connectivity index (χ4v) is 2.88. The lowest BCUT2D eigenvalue weighted by atomic mass is 10.2. The van der Waals surface area contributed by atoms with Gasteiger partial charge in [0, 0.05) is 10.6 Å². The van der Waals surface area contributed by atoms with Crippen molar-refractivity contribution in [2.24, 2.45) is 0 Å². The van der Waals surface area contributed by atoms with E-state index in [1.54, 1.807) is 18.2 Å². The second-order valence-corrected chi connectivity index (χ2v) is 5.91. The van der Waals surface area contributed by atoms with Crippen LogP contribution >= 0.6 is 11.3 Å². The van der Waals surface area contributed by atoms with Crippen LogP contribution in [0.1, 0.15) is 20.3 Å². The average Bonchev–Trinajstić information content (AvgIpc) is 3.25. The number of para-hydroxylation sites is 1. The van der Waals surface area contributed by atoms with E-state index < -0.39 is 0 Å². The molecule has 2 aromatic heterocycles. The summed E-state index contributed by atoms with van der Waals surface area (Å²) >= 11 is 1.34. The Hall–Kier alpha value is -2.86. The van der Waals surface area contributed by atoms with Gasteiger partial charge in [-0.2, -0.15) is 0 Å². The number of carbonyl (C=O) groups excluding carboxylic acids is 2. The van der Waals surface area contributed by atoms with E-state index in [0.29, 0.717) is 17.2 Å². The number of carbonyl (C=O) groups is 2. The third kappa shape index (κ3) is 3.87. The molecule has 0 atom stereocenters. The summed E-state index contributed by atoms with van der Waals surface area (Å²) in [5, 5.41) is 5.50. The number of nitrogens with one attached hydrogen (secondary N) is 2. The average molecular weight is 326 g/mol. The van der Waals surface area contributed by atoms with E-state index in [-0.39, 0.29) is 11.8 Å². The predicted molar refractivity (Wildman–Crippen MR) is 88.8 cm³/mol. The number of thiophene rings is 1. The van der Waals surface area contributed by atoms with Crippen molar-refractivity contribution < 1.29 is 14.0 Å². The van der Waals surface area contributed by atoms with Gasteiger partial charge in [-0.3, -0.25) is 4.79 Å². The van der Waals surface area contributed by atoms with Gasteiger partial charge in [-0.15, -0.1) is 11.3 Å². The van der Waals surface area contributed by atoms with E-state index in [1.807, 2.05) is 36.4 Å². The van der Waals surface area contributed by atoms with E-state index in [0.717, 1.165) is 10.6 Å². The molecule has 3 rings (SSSR count). The molecule has 0 aliphatic rings. The molecule has 0 saturated carbocycles. The van der Waals surface area contributed by atoms with Gasteiger partial charge < -0.3 is 15.1 Å². The third-order valence-corrected chi connectivity index (χ3v) is 4.17. The van der Waals surface area contributed by atoms with Crippen LogP contribution < -0.4 is 10.6 Å². The monoisotopic (exact) mass is 326 g/mol. The number of benzene rings is 1. The Balaban J connectivity index is 1.55. The lowest BCUT2D eigenvalue weighted by molar-refractivity contribution is 0.101. The molecule has 0 radical (unpaired) electrons. The maximum Gasteiger partial charge on any atom is 0.319 e. The van der Waals surface area contributed by atoms with Crippen LogP contribution in [0.3, 0.4) is 0 Å². The summed E-state index contributed by atoms with van der Waals surface area (Å²) in [7, 11) is 0. The van der Waals surface area contributed by atoms with Crippen LogP contribution in [0, 0.1) is 0 Å². The normalized spacial score (nSPS) is 10.3. The van der Waals surface area contributed by atoms with Crippen molar-refractivity contribution in [1.82, 2.24) is 5.32 Å². The lowest BCUT2D eigenvalue weighted by Crippen LogP contribution is -2.27. The molecule has 23 heavy (non-hydrogen) atoms. The van der Waals surface area contributed by atoms with Gasteiger partial charge in [0.05, 0.1) is 17.7 Å². The van der Waals surface area contributed by atoms with Crippen LogP contribution in [-0.4, -0.2) is 11.8 Å². The molecule has 2 N–H and O–H groups in total. The van der Waals surface area contributed by atoms with Gasteiger partial charge in [-0.1, -0.05) is 18.2 Å². The molecule has 2 amide bonds. The Morgan fingerprint density at radius 3 is 2.57 bits per heavy atom. The van der Waals surface area contributed by atoms with Crippen LogP contribution in [0.2, 0.25) is 0 Å². The molecule has 0 fully saturated rings. The summed E-state index contributed by atoms with van der Waals surface area (Å²) in [6.45, 7) is 0.356. The van der Waals surface area contributed by atoms with Crippen molar-refractivity contribution in [3.8, 4) is 0 Å². The minimum atomic E-state index is -0.288. The summed E-state index contributed by atoms with van der Waals surface area (Å²) < 4.78 is 5.10. The zero-order valence-electron chi connectivity index (χ0n) is 12.1. The first kappa shape index (κ1) is 15.1. The molecule has 116 valence electrons. The predicted octanol–water partition coefficient (Wildman–Crippen LogP) is 3.89. The van der Waals surface area contributed by atoms with E-state index >= 15 is 0 Å². The standard InChI is InChI=1S/C17H14N2O3S/c20-16(14-7-4-10-22-14)15-9-8-13(23-15)11-18-17(21)19-12-5-2-1-3-6-12/h1-10H,11H2,(H2,18,19,21). The number of anilines is 1. The van der Waals surface area contributed by atoms with Gasteiger partial charge in [-0.25, -0.2) is 4.79 Å². The molecule has 3 aromatic rings. The van der Waals surface area contributed by atoms with Gasteiger partial charge in [0.1, 0.15) is 0 Å². The van der Waals surface area contributed by atoms with Crippen LogP contribution in [0.25, 0.3) is 0 Å². The smallest absolute Gasteiger partial charge is 0.319 e. The summed E-state index contributed by atoms with van der Waals surface area (Å²) in [4.78, 5) is 25.4. The van der Waals surface area contributed by atoms with Gasteiger partial charge >= 0.3 is 6.03 Å². The summed E-state index contributed by atoms with van der Waals surface area (Å²) in [5.41, 5.74) is 0.727. The number of rotatable bonds is 5. The molecule has 1 aromatic carbocycles. The molecule has 0 saturated heterocycles. The van der Waals surface area contributed by atoms with Crippen molar-refractivity contribution in [2.45, 2.75) is 6.54 Å². The van der Waals surface area contributed by atoms with Gasteiger partial charge in [-0.05, 0) is 36.4 Å². The Morgan fingerprint density at radius 1 is 1.00 bits per heavy atom. The van der Waals surface area contributed by atoms with Gasteiger partial charge in [0.25, 0.3) is 0 Å². The van der Waals surface area contributed by atoms with E-state index in [9.17, 15) is 9.59 Å². The van der Waals surface area contributed by atoms with Gasteiger partial charge in [0.15, 0.2) is 5.76 Å². The maximum absolute atomic E-state index is 12.1. The van der Waals surface area contributed by atoms with E-state index in [4.69, 9.17) is 4.42 Å². The van der Waals surface area contributed by atoms with Crippen molar-refractivity contribution in [3.05, 3.63) is 76.4 Å². The van der Waals surface area contributed by atoms with Crippen LogP contribution in [0.4, 0.5) is 10.5 Å². The van der Waals surface area contributed by atoms with Crippen molar-refractivity contribution in [2.75, 3.05) is 5.32 Å². The largest absolute Gasteiger partial charge is 0.461 e. The Morgan fingerprint density at radius 2 is 1.83 bits per heavy atom. The zero-order chi connectivity index (χ0) is 16.1. The van der Waals surface area contributed by atoms with Crippen molar-refractivity contribution >= 4 is 28.8 Å². The molecular weight excluding hydrogens is 312 g/mol. The number of hydrogen-bond donors (Lipinski definition) is 2. The first-order valence-corrected chi connectivity index (χ1v) is 7.81. The highest BCUT2D eigenvalue weighted by Gasteiger charge is 2.14. The molecule has 2 heterocycles. The van der Waals surface area contributed by atoms with Gasteiger partial charge in [0.2, 0.25) is 5.78 Å². The Bertz CT molecular complexity index is 794. The maximum atomic E-state index is 12.1. The highest BCUT2D eigenvalue weighted by atomic mass is 32.1. The Labute approximate surface area is 136 Å². The van der Waals surface area contributed by atoms with Crippen molar-refractivity contribution in [1.29, 1.82) is 0 Å². The number of hydrogen-bond acceptors (Lipinski definition) is 4. The number of urea groups is 1. The molecule has 6 heteroatoms. The first-order chi connectivity index (χ1) is 11.2. The number of ketones is 1. The summed E-state index contributed by atoms with van der Waals surface area (Å²) in [5.74, 6) is 0.160. The highest BCUT2D eigenvalue weighted by Crippen LogP contribution is 2.20. The SMILES string of the molecule is O=C(NCc1ccc(C(=O)c2ccco2)s1)Nc1ccccc1.